The molecule has 0 amide bonds. The fraction of sp³-hybridized carbons (Fsp3) is 0.267. The highest BCUT2D eigenvalue weighted by atomic mass is 19.4. The van der Waals surface area contributed by atoms with Crippen molar-refractivity contribution in [2.24, 2.45) is 12.0 Å². The zero-order valence-corrected chi connectivity index (χ0v) is 11.4. The van der Waals surface area contributed by atoms with E-state index in [-0.39, 0.29) is 6.67 Å². The topological polar surface area (TPSA) is 20.5 Å². The van der Waals surface area contributed by atoms with Gasteiger partial charge in [0, 0.05) is 30.2 Å². The lowest BCUT2D eigenvalue weighted by Gasteiger charge is -2.21. The fourth-order valence-electron chi connectivity index (χ4n) is 2.51. The summed E-state index contributed by atoms with van der Waals surface area (Å²) in [5, 5.41) is 0.735. The molecule has 6 heteroatoms. The minimum Gasteiger partial charge on any atom is -0.348 e. The molecule has 2 aromatic rings. The molecule has 0 aliphatic carbocycles. The fourth-order valence-corrected chi connectivity index (χ4v) is 2.51. The molecule has 21 heavy (non-hydrogen) atoms. The van der Waals surface area contributed by atoms with E-state index >= 15 is 0 Å². The molecule has 1 aromatic carbocycles. The first-order valence-corrected chi connectivity index (χ1v) is 6.52. The first-order valence-electron chi connectivity index (χ1n) is 6.52. The van der Waals surface area contributed by atoms with Crippen LogP contribution in [0.15, 0.2) is 41.5 Å². The Hall–Kier alpha value is -2.24. The van der Waals surface area contributed by atoms with Crippen LogP contribution in [0.2, 0.25) is 0 Å². The summed E-state index contributed by atoms with van der Waals surface area (Å²) in [6.45, 7) is -0.961. The van der Waals surface area contributed by atoms with Crippen molar-refractivity contribution in [3.63, 3.8) is 0 Å². The van der Waals surface area contributed by atoms with Gasteiger partial charge in [0.05, 0.1) is 0 Å². The molecular formula is C15H14F3N3. The summed E-state index contributed by atoms with van der Waals surface area (Å²) in [6, 6.07) is 9.59. The van der Waals surface area contributed by atoms with Crippen LogP contribution >= 0.6 is 0 Å². The molecule has 1 aliphatic heterocycles. The molecule has 0 N–H and O–H groups in total. The summed E-state index contributed by atoms with van der Waals surface area (Å²) in [4.78, 5) is 5.45. The number of hydrogen-bond acceptors (Lipinski definition) is 2. The molecule has 1 aliphatic rings. The van der Waals surface area contributed by atoms with Crippen molar-refractivity contribution in [2.75, 3.05) is 13.2 Å². The molecule has 0 spiro atoms. The van der Waals surface area contributed by atoms with E-state index < -0.39 is 12.7 Å². The predicted octanol–water partition coefficient (Wildman–Crippen LogP) is 1.89. The smallest absolute Gasteiger partial charge is 0.348 e. The van der Waals surface area contributed by atoms with E-state index in [9.17, 15) is 13.2 Å². The van der Waals surface area contributed by atoms with Crippen LogP contribution in [-0.4, -0.2) is 28.9 Å². The molecule has 0 atom stereocenters. The summed E-state index contributed by atoms with van der Waals surface area (Å²) in [7, 11) is 1.85. The lowest BCUT2D eigenvalue weighted by Crippen LogP contribution is -2.41. The van der Waals surface area contributed by atoms with Gasteiger partial charge in [-0.3, -0.25) is 0 Å². The van der Waals surface area contributed by atoms with Gasteiger partial charge in [0.2, 0.25) is 0 Å². The van der Waals surface area contributed by atoms with E-state index in [1.54, 1.807) is 6.20 Å². The van der Waals surface area contributed by atoms with Crippen LogP contribution < -0.4 is 10.7 Å². The molecule has 0 saturated carbocycles. The SMILES string of the molecule is Cn1cc(-c2ccccc2)c2c1=NCN(CC(F)(F)F)C=2. The summed E-state index contributed by atoms with van der Waals surface area (Å²) in [5.74, 6) is 0. The molecule has 0 saturated heterocycles. The highest BCUT2D eigenvalue weighted by Gasteiger charge is 2.30. The van der Waals surface area contributed by atoms with Gasteiger partial charge < -0.3 is 9.47 Å². The van der Waals surface area contributed by atoms with E-state index in [1.165, 1.54) is 4.90 Å². The number of halogens is 3. The zero-order valence-electron chi connectivity index (χ0n) is 11.4. The molecular weight excluding hydrogens is 279 g/mol. The Morgan fingerprint density at radius 3 is 2.57 bits per heavy atom. The lowest BCUT2D eigenvalue weighted by atomic mass is 10.1. The van der Waals surface area contributed by atoms with Gasteiger partial charge in [-0.1, -0.05) is 30.3 Å². The number of fused-ring (bicyclic) bond motifs is 1. The number of rotatable bonds is 2. The van der Waals surface area contributed by atoms with Crippen LogP contribution in [0.3, 0.4) is 0 Å². The van der Waals surface area contributed by atoms with Gasteiger partial charge in [-0.05, 0) is 5.56 Å². The maximum atomic E-state index is 12.5. The van der Waals surface area contributed by atoms with E-state index in [0.717, 1.165) is 16.3 Å². The normalized spacial score (nSPS) is 14.4. The van der Waals surface area contributed by atoms with Crippen LogP contribution in [0.1, 0.15) is 0 Å². The van der Waals surface area contributed by atoms with Crippen molar-refractivity contribution in [1.82, 2.24) is 9.47 Å². The predicted molar refractivity (Wildman–Crippen MR) is 73.7 cm³/mol. The van der Waals surface area contributed by atoms with Crippen molar-refractivity contribution >= 4 is 6.20 Å². The Kier molecular flexibility index (Phi) is 3.23. The Morgan fingerprint density at radius 2 is 1.90 bits per heavy atom. The van der Waals surface area contributed by atoms with Gasteiger partial charge in [0.25, 0.3) is 0 Å². The molecule has 0 unspecified atom stereocenters. The molecule has 2 heterocycles. The van der Waals surface area contributed by atoms with Crippen molar-refractivity contribution in [1.29, 1.82) is 0 Å². The van der Waals surface area contributed by atoms with Gasteiger partial charge in [-0.15, -0.1) is 0 Å². The van der Waals surface area contributed by atoms with Crippen molar-refractivity contribution in [3.05, 3.63) is 47.2 Å². The number of hydrogen-bond donors (Lipinski definition) is 0. The average Bonchev–Trinajstić information content (AvgIpc) is 2.75. The Bertz CT molecular complexity index is 760. The Balaban J connectivity index is 2.10. The number of nitrogens with zero attached hydrogens (tertiary/aromatic N) is 3. The number of aryl methyl sites for hydroxylation is 1. The minimum absolute atomic E-state index is 0.0264. The van der Waals surface area contributed by atoms with Crippen molar-refractivity contribution in [3.8, 4) is 11.1 Å². The Labute approximate surface area is 119 Å². The van der Waals surface area contributed by atoms with E-state index in [0.29, 0.717) is 5.49 Å². The van der Waals surface area contributed by atoms with Gasteiger partial charge in [0.15, 0.2) is 0 Å². The number of benzene rings is 1. The second-order valence-electron chi connectivity index (χ2n) is 5.05. The molecule has 0 radical (unpaired) electrons. The highest BCUT2D eigenvalue weighted by molar-refractivity contribution is 5.64. The van der Waals surface area contributed by atoms with Gasteiger partial charge in [-0.25, -0.2) is 4.99 Å². The third-order valence-corrected chi connectivity index (χ3v) is 3.37. The van der Waals surface area contributed by atoms with Gasteiger partial charge in [-0.2, -0.15) is 13.2 Å². The molecule has 110 valence electrons. The number of aromatic nitrogens is 1. The van der Waals surface area contributed by atoms with Crippen LogP contribution in [0.25, 0.3) is 17.3 Å². The monoisotopic (exact) mass is 293 g/mol. The molecule has 3 rings (SSSR count). The third-order valence-electron chi connectivity index (χ3n) is 3.37. The van der Waals surface area contributed by atoms with Crippen molar-refractivity contribution in [2.45, 2.75) is 6.18 Å². The van der Waals surface area contributed by atoms with Crippen LogP contribution in [0.4, 0.5) is 13.2 Å². The summed E-state index contributed by atoms with van der Waals surface area (Å²) < 4.78 is 39.5. The van der Waals surface area contributed by atoms with E-state index in [2.05, 4.69) is 4.99 Å². The molecule has 0 fully saturated rings. The molecule has 0 bridgehead atoms. The maximum absolute atomic E-state index is 12.5. The molecule has 1 aromatic heterocycles. The standard InChI is InChI=1S/C15H14F3N3/c1-20-7-12(11-5-3-2-4-6-11)13-8-21(9-15(16,17)18)10-19-14(13)20/h2-8H,9-10H2,1H3. The van der Waals surface area contributed by atoms with Gasteiger partial charge in [0.1, 0.15) is 18.7 Å². The quantitative estimate of drug-likeness (QED) is 0.828. The van der Waals surface area contributed by atoms with Crippen LogP contribution in [0, 0.1) is 0 Å². The Morgan fingerprint density at radius 1 is 1.19 bits per heavy atom. The second-order valence-corrected chi connectivity index (χ2v) is 5.05. The maximum Gasteiger partial charge on any atom is 0.405 e. The third kappa shape index (κ3) is 2.79. The van der Waals surface area contributed by atoms with Crippen LogP contribution in [0.5, 0.6) is 0 Å². The number of alkyl halides is 3. The lowest BCUT2D eigenvalue weighted by molar-refractivity contribution is -0.138. The van der Waals surface area contributed by atoms with E-state index in [4.69, 9.17) is 0 Å². The van der Waals surface area contributed by atoms with Gasteiger partial charge >= 0.3 is 6.18 Å². The zero-order chi connectivity index (χ0) is 15.0. The first-order chi connectivity index (χ1) is 9.94. The summed E-state index contributed by atoms with van der Waals surface area (Å²) >= 11 is 0. The summed E-state index contributed by atoms with van der Waals surface area (Å²) in [5.41, 5.74) is 2.57. The van der Waals surface area contributed by atoms with Crippen molar-refractivity contribution < 1.29 is 13.2 Å². The first kappa shape index (κ1) is 13.7. The highest BCUT2D eigenvalue weighted by Crippen LogP contribution is 2.18. The van der Waals surface area contributed by atoms with Crippen LogP contribution in [-0.2, 0) is 7.05 Å². The summed E-state index contributed by atoms with van der Waals surface area (Å²) in [6.07, 6.45) is -0.777. The van der Waals surface area contributed by atoms with E-state index in [1.807, 2.05) is 48.1 Å². The molecule has 3 nitrogen and oxygen atoms in total. The largest absolute Gasteiger partial charge is 0.405 e. The second kappa shape index (κ2) is 4.95. The minimum atomic E-state index is -4.23. The average molecular weight is 293 g/mol.